The summed E-state index contributed by atoms with van der Waals surface area (Å²) in [5, 5.41) is 17.9. The minimum atomic E-state index is 0.566. The van der Waals surface area contributed by atoms with Crippen molar-refractivity contribution in [3.8, 4) is 0 Å². The van der Waals surface area contributed by atoms with Gasteiger partial charge in [-0.25, -0.2) is 0 Å². The van der Waals surface area contributed by atoms with Gasteiger partial charge in [-0.05, 0) is 35.2 Å². The molecule has 0 saturated heterocycles. The van der Waals surface area contributed by atoms with Crippen molar-refractivity contribution in [1.82, 2.24) is 5.10 Å². The highest BCUT2D eigenvalue weighted by molar-refractivity contribution is 7.99. The summed E-state index contributed by atoms with van der Waals surface area (Å²) in [4.78, 5) is 1.77. The second-order valence-electron chi connectivity index (χ2n) is 4.61. The van der Waals surface area contributed by atoms with Crippen molar-refractivity contribution in [3.05, 3.63) is 41.6 Å². The Kier molecular flexibility index (Phi) is 3.36. The van der Waals surface area contributed by atoms with E-state index < -0.39 is 0 Å². The second-order valence-corrected chi connectivity index (χ2v) is 5.75. The molecular formula is C15H15N3OS. The lowest BCUT2D eigenvalue weighted by atomic mass is 10.1. The standard InChI is InChI=1S/C15H15N3OS/c1-2-9-20-13-8-4-7-12-15(13)14-10(16)5-3-6-11(14)17-18(12)19/h3-8H,2,9,16H2,1H3. The topological polar surface area (TPSA) is 65.8 Å². The lowest BCUT2D eigenvalue weighted by molar-refractivity contribution is -0.640. The summed E-state index contributed by atoms with van der Waals surface area (Å²) in [6, 6.07) is 11.2. The fourth-order valence-corrected chi connectivity index (χ4v) is 3.28. The molecular weight excluding hydrogens is 270 g/mol. The molecule has 1 heterocycles. The van der Waals surface area contributed by atoms with Gasteiger partial charge in [0.25, 0.3) is 5.52 Å². The van der Waals surface area contributed by atoms with Crippen LogP contribution in [0.15, 0.2) is 41.3 Å². The van der Waals surface area contributed by atoms with Crippen molar-refractivity contribution >= 4 is 39.3 Å². The monoisotopic (exact) mass is 285 g/mol. The molecule has 3 rings (SSSR count). The Bertz CT molecular complexity index is 789. The summed E-state index contributed by atoms with van der Waals surface area (Å²) >= 11 is 1.75. The fraction of sp³-hybridized carbons (Fsp3) is 0.200. The third-order valence-corrected chi connectivity index (χ3v) is 4.46. The van der Waals surface area contributed by atoms with Gasteiger partial charge in [-0.2, -0.15) is 0 Å². The molecule has 1 aromatic heterocycles. The number of anilines is 1. The molecule has 0 radical (unpaired) electrons. The third kappa shape index (κ3) is 2.04. The van der Waals surface area contributed by atoms with Crippen molar-refractivity contribution in [2.75, 3.05) is 11.5 Å². The van der Waals surface area contributed by atoms with Gasteiger partial charge in [-0.15, -0.1) is 11.8 Å². The zero-order chi connectivity index (χ0) is 14.1. The minimum Gasteiger partial charge on any atom is -0.594 e. The van der Waals surface area contributed by atoms with Crippen molar-refractivity contribution in [2.24, 2.45) is 0 Å². The molecule has 0 bridgehead atoms. The van der Waals surface area contributed by atoms with Crippen LogP contribution in [0.4, 0.5) is 5.69 Å². The third-order valence-electron chi connectivity index (χ3n) is 3.20. The molecule has 2 N–H and O–H groups in total. The normalized spacial score (nSPS) is 11.2. The lowest BCUT2D eigenvalue weighted by Gasteiger charge is -2.09. The molecule has 20 heavy (non-hydrogen) atoms. The Morgan fingerprint density at radius 2 is 2.00 bits per heavy atom. The molecule has 5 heteroatoms. The van der Waals surface area contributed by atoms with Crippen molar-refractivity contribution < 1.29 is 4.85 Å². The van der Waals surface area contributed by atoms with E-state index in [1.807, 2.05) is 30.3 Å². The van der Waals surface area contributed by atoms with Crippen molar-refractivity contribution in [3.63, 3.8) is 0 Å². The fourth-order valence-electron chi connectivity index (χ4n) is 2.33. The van der Waals surface area contributed by atoms with Gasteiger partial charge in [0.05, 0.1) is 5.39 Å². The summed E-state index contributed by atoms with van der Waals surface area (Å²) in [6.07, 6.45) is 1.08. The van der Waals surface area contributed by atoms with E-state index in [0.29, 0.717) is 21.6 Å². The van der Waals surface area contributed by atoms with Gasteiger partial charge in [0.15, 0.2) is 0 Å². The Balaban J connectivity index is 2.44. The number of nitrogens with two attached hydrogens (primary N) is 1. The Labute approximate surface area is 121 Å². The number of thioether (sulfide) groups is 1. The minimum absolute atomic E-state index is 0.566. The van der Waals surface area contributed by atoms with E-state index in [1.165, 1.54) is 0 Å². The summed E-state index contributed by atoms with van der Waals surface area (Å²) in [5.74, 6) is 1.01. The first-order valence-corrected chi connectivity index (χ1v) is 7.54. The van der Waals surface area contributed by atoms with Crippen LogP contribution in [-0.4, -0.2) is 10.9 Å². The van der Waals surface area contributed by atoms with Gasteiger partial charge in [0.2, 0.25) is 0 Å². The van der Waals surface area contributed by atoms with Gasteiger partial charge in [0.1, 0.15) is 5.52 Å². The predicted octanol–water partition coefficient (Wildman–Crippen LogP) is 3.11. The van der Waals surface area contributed by atoms with Crippen molar-refractivity contribution in [2.45, 2.75) is 18.2 Å². The maximum absolute atomic E-state index is 12.1. The average Bonchev–Trinajstić information content (AvgIpc) is 2.45. The Hall–Kier alpha value is -2.01. The van der Waals surface area contributed by atoms with Gasteiger partial charge in [-0.1, -0.05) is 19.1 Å². The molecule has 0 spiro atoms. The van der Waals surface area contributed by atoms with Gasteiger partial charge < -0.3 is 10.9 Å². The number of benzene rings is 2. The molecule has 0 aliphatic carbocycles. The van der Waals surface area contributed by atoms with Crippen LogP contribution in [0.5, 0.6) is 0 Å². The Morgan fingerprint density at radius 3 is 2.80 bits per heavy atom. The molecule has 0 fully saturated rings. The van der Waals surface area contributed by atoms with Gasteiger partial charge in [-0.3, -0.25) is 0 Å². The van der Waals surface area contributed by atoms with E-state index in [9.17, 15) is 5.21 Å². The molecule has 2 aromatic carbocycles. The van der Waals surface area contributed by atoms with Crippen LogP contribution in [0.1, 0.15) is 13.3 Å². The summed E-state index contributed by atoms with van der Waals surface area (Å²) in [7, 11) is 0. The first-order chi connectivity index (χ1) is 9.72. The smallest absolute Gasteiger partial charge is 0.253 e. The average molecular weight is 285 g/mol. The maximum atomic E-state index is 12.1. The SMILES string of the molecule is CCCSc1cccc2c1c1c(N)cccc1n[n+]2[O-]. The highest BCUT2D eigenvalue weighted by Gasteiger charge is 2.16. The zero-order valence-electron chi connectivity index (χ0n) is 11.2. The van der Waals surface area contributed by atoms with E-state index in [2.05, 4.69) is 12.0 Å². The number of hydrogen-bond donors (Lipinski definition) is 1. The first-order valence-electron chi connectivity index (χ1n) is 6.56. The number of rotatable bonds is 3. The number of hydrogen-bond acceptors (Lipinski definition) is 4. The van der Waals surface area contributed by atoms with E-state index in [0.717, 1.165) is 27.8 Å². The maximum Gasteiger partial charge on any atom is 0.253 e. The number of aromatic nitrogens is 2. The zero-order valence-corrected chi connectivity index (χ0v) is 12.0. The molecule has 0 aliphatic heterocycles. The number of nitrogen functional groups attached to an aromatic ring is 1. The summed E-state index contributed by atoms with van der Waals surface area (Å²) in [6.45, 7) is 2.14. The molecule has 102 valence electrons. The van der Waals surface area contributed by atoms with Gasteiger partial charge >= 0.3 is 0 Å². The van der Waals surface area contributed by atoms with Crippen LogP contribution in [0.2, 0.25) is 0 Å². The second kappa shape index (κ2) is 5.17. The van der Waals surface area contributed by atoms with Crippen molar-refractivity contribution in [1.29, 1.82) is 0 Å². The van der Waals surface area contributed by atoms with Crippen LogP contribution < -0.4 is 10.6 Å². The van der Waals surface area contributed by atoms with Gasteiger partial charge in [0, 0.05) is 27.1 Å². The highest BCUT2D eigenvalue weighted by atomic mass is 32.2. The molecule has 0 atom stereocenters. The molecule has 0 aliphatic rings. The van der Waals surface area contributed by atoms with E-state index in [-0.39, 0.29) is 0 Å². The van der Waals surface area contributed by atoms with Crippen LogP contribution in [0.3, 0.4) is 0 Å². The first kappa shape index (κ1) is 13.0. The summed E-state index contributed by atoms with van der Waals surface area (Å²) in [5.41, 5.74) is 7.97. The van der Waals surface area contributed by atoms with Crippen LogP contribution in [0.25, 0.3) is 21.8 Å². The highest BCUT2D eigenvalue weighted by Crippen LogP contribution is 2.34. The molecule has 0 amide bonds. The van der Waals surface area contributed by atoms with E-state index in [1.54, 1.807) is 17.8 Å². The quantitative estimate of drug-likeness (QED) is 0.264. The Morgan fingerprint density at radius 1 is 1.20 bits per heavy atom. The number of nitrogens with zero attached hydrogens (tertiary/aromatic N) is 2. The van der Waals surface area contributed by atoms with Crippen LogP contribution in [0, 0.1) is 5.21 Å². The predicted molar refractivity (Wildman–Crippen MR) is 83.6 cm³/mol. The summed E-state index contributed by atoms with van der Waals surface area (Å²) < 4.78 is 0. The molecule has 0 saturated carbocycles. The van der Waals surface area contributed by atoms with E-state index in [4.69, 9.17) is 5.73 Å². The van der Waals surface area contributed by atoms with Crippen LogP contribution in [-0.2, 0) is 0 Å². The molecule has 0 unspecified atom stereocenters. The molecule has 4 nitrogen and oxygen atoms in total. The van der Waals surface area contributed by atoms with Crippen LogP contribution >= 0.6 is 11.8 Å². The van der Waals surface area contributed by atoms with E-state index >= 15 is 0 Å². The largest absolute Gasteiger partial charge is 0.594 e. The lowest BCUT2D eigenvalue weighted by Crippen LogP contribution is -2.32. The number of fused-ring (bicyclic) bond motifs is 3. The molecule has 3 aromatic rings.